The Balaban J connectivity index is 2.24. The fraction of sp³-hybridized carbons (Fsp3) is 0.625. The summed E-state index contributed by atoms with van der Waals surface area (Å²) < 4.78 is 1.65. The van der Waals surface area contributed by atoms with Crippen molar-refractivity contribution in [3.05, 3.63) is 12.2 Å². The lowest BCUT2D eigenvalue weighted by molar-refractivity contribution is -0.120. The minimum atomic E-state index is 0.0657. The van der Waals surface area contributed by atoms with E-state index in [9.17, 15) is 4.79 Å². The standard InChI is InChI=1S/C8H14N4O/c1-3-8(13)9-5-4-7-10-6-12(2)11-7/h6H,3-5H2,1-2H3,(H,9,13). The molecule has 5 nitrogen and oxygen atoms in total. The fourth-order valence-electron chi connectivity index (χ4n) is 0.937. The summed E-state index contributed by atoms with van der Waals surface area (Å²) in [4.78, 5) is 14.9. The molecule has 0 fully saturated rings. The van der Waals surface area contributed by atoms with Gasteiger partial charge in [0.15, 0.2) is 5.82 Å². The molecule has 1 amide bonds. The van der Waals surface area contributed by atoms with Crippen LogP contribution < -0.4 is 5.32 Å². The fourth-order valence-corrected chi connectivity index (χ4v) is 0.937. The molecule has 0 aliphatic heterocycles. The molecule has 0 spiro atoms. The number of aryl methyl sites for hydroxylation is 1. The number of amides is 1. The van der Waals surface area contributed by atoms with Gasteiger partial charge in [0.05, 0.1) is 0 Å². The summed E-state index contributed by atoms with van der Waals surface area (Å²) in [6.45, 7) is 2.44. The molecular weight excluding hydrogens is 168 g/mol. The average molecular weight is 182 g/mol. The van der Waals surface area contributed by atoms with Crippen LogP contribution in [0.4, 0.5) is 0 Å². The van der Waals surface area contributed by atoms with Crippen LogP contribution in [-0.2, 0) is 18.3 Å². The number of rotatable bonds is 4. The summed E-state index contributed by atoms with van der Waals surface area (Å²) in [6.07, 6.45) is 2.86. The van der Waals surface area contributed by atoms with Crippen LogP contribution in [-0.4, -0.2) is 27.2 Å². The van der Waals surface area contributed by atoms with Gasteiger partial charge in [0.25, 0.3) is 0 Å². The van der Waals surface area contributed by atoms with Gasteiger partial charge in [0.1, 0.15) is 6.33 Å². The minimum Gasteiger partial charge on any atom is -0.356 e. The highest BCUT2D eigenvalue weighted by atomic mass is 16.1. The van der Waals surface area contributed by atoms with Crippen molar-refractivity contribution in [2.24, 2.45) is 7.05 Å². The Labute approximate surface area is 77.2 Å². The molecule has 0 aliphatic carbocycles. The third-order valence-electron chi connectivity index (χ3n) is 1.64. The van der Waals surface area contributed by atoms with E-state index in [2.05, 4.69) is 15.4 Å². The van der Waals surface area contributed by atoms with E-state index >= 15 is 0 Å². The van der Waals surface area contributed by atoms with Gasteiger partial charge in [-0.25, -0.2) is 4.98 Å². The maximum Gasteiger partial charge on any atom is 0.219 e. The monoisotopic (exact) mass is 182 g/mol. The zero-order valence-corrected chi connectivity index (χ0v) is 7.95. The number of aromatic nitrogens is 3. The number of carbonyl (C=O) groups excluding carboxylic acids is 1. The second-order valence-corrected chi connectivity index (χ2v) is 2.79. The third kappa shape index (κ3) is 3.23. The Kier molecular flexibility index (Phi) is 3.42. The highest BCUT2D eigenvalue weighted by molar-refractivity contribution is 5.75. The Morgan fingerprint density at radius 3 is 3.00 bits per heavy atom. The number of hydrogen-bond acceptors (Lipinski definition) is 3. The van der Waals surface area contributed by atoms with Crippen LogP contribution in [0, 0.1) is 0 Å². The summed E-state index contributed by atoms with van der Waals surface area (Å²) in [7, 11) is 1.82. The lowest BCUT2D eigenvalue weighted by Gasteiger charge is -1.99. The van der Waals surface area contributed by atoms with E-state index in [1.165, 1.54) is 0 Å². The SMILES string of the molecule is CCC(=O)NCCc1ncn(C)n1. The summed E-state index contributed by atoms with van der Waals surface area (Å²) in [6, 6.07) is 0. The molecule has 0 aromatic carbocycles. The predicted octanol–water partition coefficient (Wildman–Crippen LogP) is -0.116. The molecule has 5 heteroatoms. The van der Waals surface area contributed by atoms with Crippen molar-refractivity contribution in [1.82, 2.24) is 20.1 Å². The van der Waals surface area contributed by atoms with E-state index in [4.69, 9.17) is 0 Å². The topological polar surface area (TPSA) is 59.8 Å². The van der Waals surface area contributed by atoms with Gasteiger partial charge in [-0.3, -0.25) is 9.48 Å². The number of hydrogen-bond donors (Lipinski definition) is 1. The first-order valence-corrected chi connectivity index (χ1v) is 4.33. The highest BCUT2D eigenvalue weighted by Gasteiger charge is 1.99. The number of carbonyl (C=O) groups is 1. The van der Waals surface area contributed by atoms with Crippen LogP contribution in [0.1, 0.15) is 19.2 Å². The van der Waals surface area contributed by atoms with Gasteiger partial charge in [0.2, 0.25) is 5.91 Å². The number of nitrogens with zero attached hydrogens (tertiary/aromatic N) is 3. The molecule has 0 bridgehead atoms. The zero-order valence-electron chi connectivity index (χ0n) is 7.95. The summed E-state index contributed by atoms with van der Waals surface area (Å²) in [5.74, 6) is 0.829. The molecule has 0 unspecified atom stereocenters. The molecule has 1 N–H and O–H groups in total. The second-order valence-electron chi connectivity index (χ2n) is 2.79. The van der Waals surface area contributed by atoms with E-state index in [0.717, 1.165) is 5.82 Å². The smallest absolute Gasteiger partial charge is 0.219 e. The first-order valence-electron chi connectivity index (χ1n) is 4.33. The zero-order chi connectivity index (χ0) is 9.68. The molecule has 0 saturated heterocycles. The largest absolute Gasteiger partial charge is 0.356 e. The second kappa shape index (κ2) is 4.59. The minimum absolute atomic E-state index is 0.0657. The molecule has 0 saturated carbocycles. The lowest BCUT2D eigenvalue weighted by Crippen LogP contribution is -2.24. The highest BCUT2D eigenvalue weighted by Crippen LogP contribution is 1.88. The van der Waals surface area contributed by atoms with E-state index in [1.807, 2.05) is 14.0 Å². The molecule has 1 aromatic heterocycles. The van der Waals surface area contributed by atoms with E-state index in [-0.39, 0.29) is 5.91 Å². The van der Waals surface area contributed by atoms with Gasteiger partial charge >= 0.3 is 0 Å². The normalized spacial score (nSPS) is 10.0. The van der Waals surface area contributed by atoms with Gasteiger partial charge in [-0.2, -0.15) is 5.10 Å². The molecular formula is C8H14N4O. The quantitative estimate of drug-likeness (QED) is 0.706. The van der Waals surface area contributed by atoms with Gasteiger partial charge in [0, 0.05) is 26.4 Å². The van der Waals surface area contributed by atoms with E-state index in [1.54, 1.807) is 11.0 Å². The van der Waals surface area contributed by atoms with Crippen molar-refractivity contribution in [1.29, 1.82) is 0 Å². The summed E-state index contributed by atoms with van der Waals surface area (Å²) in [5, 5.41) is 6.85. The predicted molar refractivity (Wildman–Crippen MR) is 48.0 cm³/mol. The molecule has 72 valence electrons. The van der Waals surface area contributed by atoms with E-state index in [0.29, 0.717) is 19.4 Å². The van der Waals surface area contributed by atoms with Crippen molar-refractivity contribution in [2.75, 3.05) is 6.54 Å². The molecule has 1 rings (SSSR count). The van der Waals surface area contributed by atoms with Crippen molar-refractivity contribution >= 4 is 5.91 Å². The van der Waals surface area contributed by atoms with E-state index < -0.39 is 0 Å². The van der Waals surface area contributed by atoms with Crippen molar-refractivity contribution < 1.29 is 4.79 Å². The first kappa shape index (κ1) is 9.70. The van der Waals surface area contributed by atoms with Crippen LogP contribution >= 0.6 is 0 Å². The molecule has 1 heterocycles. The summed E-state index contributed by atoms with van der Waals surface area (Å²) in [5.41, 5.74) is 0. The molecule has 13 heavy (non-hydrogen) atoms. The van der Waals surface area contributed by atoms with Crippen molar-refractivity contribution in [3.63, 3.8) is 0 Å². The van der Waals surface area contributed by atoms with Crippen LogP contribution in [0.25, 0.3) is 0 Å². The van der Waals surface area contributed by atoms with Crippen LogP contribution in [0.15, 0.2) is 6.33 Å². The molecule has 0 atom stereocenters. The van der Waals surface area contributed by atoms with Crippen LogP contribution in [0.2, 0.25) is 0 Å². The van der Waals surface area contributed by atoms with Gasteiger partial charge in [-0.05, 0) is 0 Å². The van der Waals surface area contributed by atoms with Crippen molar-refractivity contribution in [2.45, 2.75) is 19.8 Å². The maximum atomic E-state index is 10.9. The Hall–Kier alpha value is -1.39. The molecule has 1 aromatic rings. The van der Waals surface area contributed by atoms with Gasteiger partial charge < -0.3 is 5.32 Å². The van der Waals surface area contributed by atoms with Crippen LogP contribution in [0.5, 0.6) is 0 Å². The average Bonchev–Trinajstić information content (AvgIpc) is 2.51. The van der Waals surface area contributed by atoms with Gasteiger partial charge in [-0.1, -0.05) is 6.92 Å². The molecule has 0 aliphatic rings. The Morgan fingerprint density at radius 2 is 2.46 bits per heavy atom. The first-order chi connectivity index (χ1) is 6.22. The molecule has 0 radical (unpaired) electrons. The van der Waals surface area contributed by atoms with Crippen LogP contribution in [0.3, 0.4) is 0 Å². The maximum absolute atomic E-state index is 10.9. The van der Waals surface area contributed by atoms with Gasteiger partial charge in [-0.15, -0.1) is 0 Å². The van der Waals surface area contributed by atoms with Crippen molar-refractivity contribution in [3.8, 4) is 0 Å². The lowest BCUT2D eigenvalue weighted by atomic mass is 10.4. The Morgan fingerprint density at radius 1 is 1.69 bits per heavy atom. The summed E-state index contributed by atoms with van der Waals surface area (Å²) >= 11 is 0. The third-order valence-corrected chi connectivity index (χ3v) is 1.64. The number of nitrogens with one attached hydrogen (secondary N) is 1. The Bertz CT molecular complexity index is 281.